The number of aliphatic hydroxyl groups is 1. The summed E-state index contributed by atoms with van der Waals surface area (Å²) in [6, 6.07) is 0.807. The summed E-state index contributed by atoms with van der Waals surface area (Å²) >= 11 is 7.27. The minimum absolute atomic E-state index is 0.0635. The van der Waals surface area contributed by atoms with Gasteiger partial charge < -0.3 is 5.11 Å². The second-order valence-corrected chi connectivity index (χ2v) is 9.15. The number of nitrogens with one attached hydrogen (secondary N) is 1. The molecule has 1 aliphatic heterocycles. The second-order valence-electron chi connectivity index (χ2n) is 6.24. The van der Waals surface area contributed by atoms with E-state index >= 15 is 0 Å². The molecule has 0 bridgehead atoms. The van der Waals surface area contributed by atoms with Crippen LogP contribution in [0.2, 0.25) is 5.15 Å². The number of imidazole rings is 1. The van der Waals surface area contributed by atoms with Gasteiger partial charge in [-0.1, -0.05) is 11.6 Å². The summed E-state index contributed by atoms with van der Waals surface area (Å²) in [4.78, 5) is 6.75. The zero-order valence-corrected chi connectivity index (χ0v) is 15.9. The van der Waals surface area contributed by atoms with Crippen LogP contribution in [0.25, 0.3) is 4.96 Å². The van der Waals surface area contributed by atoms with Gasteiger partial charge in [0, 0.05) is 36.8 Å². The zero-order valence-electron chi connectivity index (χ0n) is 13.5. The first kappa shape index (κ1) is 18.1. The molecule has 0 saturated carbocycles. The Labute approximate surface area is 150 Å². The monoisotopic (exact) mass is 392 g/mol. The van der Waals surface area contributed by atoms with Crippen molar-refractivity contribution >= 4 is 37.9 Å². The fourth-order valence-corrected chi connectivity index (χ4v) is 5.69. The van der Waals surface area contributed by atoms with Crippen LogP contribution in [0.15, 0.2) is 16.6 Å². The number of hydrogen-bond donors (Lipinski definition) is 2. The molecule has 3 heterocycles. The predicted molar refractivity (Wildman–Crippen MR) is 94.1 cm³/mol. The van der Waals surface area contributed by atoms with E-state index in [4.69, 9.17) is 11.6 Å². The van der Waals surface area contributed by atoms with Crippen molar-refractivity contribution < 1.29 is 13.5 Å². The maximum atomic E-state index is 12.5. The van der Waals surface area contributed by atoms with Crippen LogP contribution >= 0.6 is 22.9 Å². The lowest BCUT2D eigenvalue weighted by Crippen LogP contribution is -2.43. The first-order valence-corrected chi connectivity index (χ1v) is 10.6. The van der Waals surface area contributed by atoms with Gasteiger partial charge in [0.1, 0.15) is 0 Å². The van der Waals surface area contributed by atoms with Gasteiger partial charge in [0.2, 0.25) is 0 Å². The van der Waals surface area contributed by atoms with Crippen LogP contribution in [0.5, 0.6) is 0 Å². The Bertz CT molecular complexity index is 809. The maximum absolute atomic E-state index is 12.5. The molecule has 2 unspecified atom stereocenters. The predicted octanol–water partition coefficient (Wildman–Crippen LogP) is 1.56. The summed E-state index contributed by atoms with van der Waals surface area (Å²) in [7, 11) is -3.85. The zero-order chi connectivity index (χ0) is 17.5. The highest BCUT2D eigenvalue weighted by Gasteiger charge is 2.30. The minimum Gasteiger partial charge on any atom is -0.390 e. The highest BCUT2D eigenvalue weighted by atomic mass is 35.5. The molecule has 3 rings (SSSR count). The van der Waals surface area contributed by atoms with Crippen LogP contribution in [0.3, 0.4) is 0 Å². The fraction of sp³-hybridized carbons (Fsp3) is 0.643. The molecule has 2 aromatic rings. The largest absolute Gasteiger partial charge is 0.390 e. The third-order valence-corrected chi connectivity index (χ3v) is 7.08. The Balaban J connectivity index is 1.67. The normalized spacial score (nSPS) is 24.0. The number of thiazole rings is 1. The number of aromatic nitrogens is 2. The molecule has 24 heavy (non-hydrogen) atoms. The van der Waals surface area contributed by atoms with Crippen molar-refractivity contribution in [3.63, 3.8) is 0 Å². The molecular weight excluding hydrogens is 372 g/mol. The van der Waals surface area contributed by atoms with Crippen LogP contribution in [0.4, 0.5) is 0 Å². The van der Waals surface area contributed by atoms with Gasteiger partial charge >= 0.3 is 0 Å². The first-order valence-electron chi connectivity index (χ1n) is 7.84. The highest BCUT2D eigenvalue weighted by molar-refractivity contribution is 7.89. The number of fused-ring (bicyclic) bond motifs is 1. The van der Waals surface area contributed by atoms with Gasteiger partial charge in [-0.2, -0.15) is 0 Å². The van der Waals surface area contributed by atoms with Gasteiger partial charge in [0.05, 0.1) is 6.10 Å². The van der Waals surface area contributed by atoms with E-state index in [2.05, 4.69) is 28.5 Å². The number of halogens is 1. The quantitative estimate of drug-likeness (QED) is 0.779. The number of hydrogen-bond acceptors (Lipinski definition) is 6. The summed E-state index contributed by atoms with van der Waals surface area (Å²) in [6.07, 6.45) is 3.02. The molecule has 2 N–H and O–H groups in total. The standard InChI is InChI=1S/C14H21ClN4O3S2/c1-9-3-4-10(2)19(9)8-11(20)7-16-24(21,22)13-12(15)17-14-18(13)5-6-23-14/h5-6,9-11,16,20H,3-4,7-8H2,1-2H3/t9?,10?,11-/m0/s1. The van der Waals surface area contributed by atoms with E-state index in [-0.39, 0.29) is 16.7 Å². The van der Waals surface area contributed by atoms with Crippen molar-refractivity contribution in [3.05, 3.63) is 16.7 Å². The van der Waals surface area contributed by atoms with Crippen molar-refractivity contribution in [2.45, 2.75) is 49.9 Å². The van der Waals surface area contributed by atoms with E-state index in [9.17, 15) is 13.5 Å². The molecule has 134 valence electrons. The van der Waals surface area contributed by atoms with Crippen LogP contribution < -0.4 is 4.72 Å². The summed E-state index contributed by atoms with van der Waals surface area (Å²) in [5, 5.41) is 11.8. The average Bonchev–Trinajstić information content (AvgIpc) is 3.15. The van der Waals surface area contributed by atoms with Crippen LogP contribution in [-0.4, -0.2) is 59.1 Å². The third kappa shape index (κ3) is 3.47. The molecule has 0 aliphatic carbocycles. The van der Waals surface area contributed by atoms with Crippen molar-refractivity contribution in [3.8, 4) is 0 Å². The van der Waals surface area contributed by atoms with E-state index < -0.39 is 16.1 Å². The van der Waals surface area contributed by atoms with Gasteiger partial charge in [-0.15, -0.1) is 11.3 Å². The topological polar surface area (TPSA) is 86.9 Å². The number of rotatable bonds is 6. The Morgan fingerprint density at radius 2 is 2.12 bits per heavy atom. The fourth-order valence-electron chi connectivity index (χ4n) is 3.17. The number of sulfonamides is 1. The van der Waals surface area contributed by atoms with Crippen molar-refractivity contribution in [2.24, 2.45) is 0 Å². The summed E-state index contributed by atoms with van der Waals surface area (Å²) < 4.78 is 28.9. The Kier molecular flexibility index (Phi) is 5.19. The van der Waals surface area contributed by atoms with Crippen LogP contribution in [0, 0.1) is 0 Å². The lowest BCUT2D eigenvalue weighted by molar-refractivity contribution is 0.0940. The Morgan fingerprint density at radius 1 is 1.46 bits per heavy atom. The summed E-state index contributed by atoms with van der Waals surface area (Å²) in [5.41, 5.74) is 0. The molecule has 10 heteroatoms. The van der Waals surface area contributed by atoms with Gasteiger partial charge in [-0.25, -0.2) is 18.1 Å². The molecule has 3 atom stereocenters. The van der Waals surface area contributed by atoms with Gasteiger partial charge in [-0.05, 0) is 26.7 Å². The Morgan fingerprint density at radius 3 is 2.79 bits per heavy atom. The molecule has 2 aromatic heterocycles. The van der Waals surface area contributed by atoms with E-state index in [1.807, 2.05) is 0 Å². The van der Waals surface area contributed by atoms with Crippen molar-refractivity contribution in [1.82, 2.24) is 19.0 Å². The van der Waals surface area contributed by atoms with Gasteiger partial charge in [-0.3, -0.25) is 9.30 Å². The van der Waals surface area contributed by atoms with E-state index in [1.165, 1.54) is 15.7 Å². The molecule has 7 nitrogen and oxygen atoms in total. The first-order chi connectivity index (χ1) is 11.3. The maximum Gasteiger partial charge on any atom is 0.259 e. The third-order valence-electron chi connectivity index (χ3n) is 4.50. The molecule has 0 aromatic carbocycles. The molecule has 0 amide bonds. The molecule has 1 aliphatic rings. The number of β-amino-alcohol motifs (C(OH)–C–C–N with tert-alkyl or cyclic N) is 1. The smallest absolute Gasteiger partial charge is 0.259 e. The van der Waals surface area contributed by atoms with E-state index in [0.29, 0.717) is 23.6 Å². The molecule has 0 radical (unpaired) electrons. The lowest BCUT2D eigenvalue weighted by atomic mass is 10.2. The van der Waals surface area contributed by atoms with Crippen LogP contribution in [-0.2, 0) is 10.0 Å². The Hall–Kier alpha value is -0.710. The average molecular weight is 393 g/mol. The number of nitrogens with zero attached hydrogens (tertiary/aromatic N) is 3. The van der Waals surface area contributed by atoms with Gasteiger partial charge in [0.25, 0.3) is 10.0 Å². The van der Waals surface area contributed by atoms with E-state index in [1.54, 1.807) is 11.6 Å². The van der Waals surface area contributed by atoms with Gasteiger partial charge in [0.15, 0.2) is 15.1 Å². The van der Waals surface area contributed by atoms with Crippen molar-refractivity contribution in [2.75, 3.05) is 13.1 Å². The number of aliphatic hydroxyl groups excluding tert-OH is 1. The van der Waals surface area contributed by atoms with Crippen LogP contribution in [0.1, 0.15) is 26.7 Å². The minimum atomic E-state index is -3.85. The van der Waals surface area contributed by atoms with E-state index in [0.717, 1.165) is 12.8 Å². The molecule has 0 spiro atoms. The van der Waals surface area contributed by atoms with Crippen molar-refractivity contribution in [1.29, 1.82) is 0 Å². The summed E-state index contributed by atoms with van der Waals surface area (Å²) in [5.74, 6) is 0. The second kappa shape index (κ2) is 6.89. The highest BCUT2D eigenvalue weighted by Crippen LogP contribution is 2.25. The SMILES string of the molecule is CC1CCC(C)N1C[C@@H](O)CNS(=O)(=O)c1c(Cl)nc2sccn12. The lowest BCUT2D eigenvalue weighted by Gasteiger charge is -2.28. The summed E-state index contributed by atoms with van der Waals surface area (Å²) in [6.45, 7) is 4.63. The molecule has 1 fully saturated rings. The molecular formula is C14H21ClN4O3S2. The number of likely N-dealkylation sites (tertiary alicyclic amines) is 1. The molecule has 1 saturated heterocycles.